The molecule has 1 fully saturated rings. The van der Waals surface area contributed by atoms with Gasteiger partial charge in [0.1, 0.15) is 14.6 Å². The molecule has 1 atom stereocenters. The third-order valence-corrected chi connectivity index (χ3v) is 8.56. The number of hydrogen-bond donors (Lipinski definition) is 1. The lowest BCUT2D eigenvalue weighted by atomic mass is 9.79. The lowest BCUT2D eigenvalue weighted by molar-refractivity contribution is 0.218. The first-order chi connectivity index (χ1) is 14.6. The van der Waals surface area contributed by atoms with Crippen LogP contribution in [0, 0.1) is 0 Å². The standard InChI is InChI=1S/C20H22N6O2S2/c1-26-15-8-12(10-22-18(15)24-25-26)14-9-13(11-4-3-5-11)16-17(21)20(29-19(16)23-14)30(27)7-6-28-2/h8-11H,3-7,21H2,1-2H3. The van der Waals surface area contributed by atoms with Crippen LogP contribution in [0.4, 0.5) is 5.69 Å². The number of anilines is 1. The van der Waals surface area contributed by atoms with Gasteiger partial charge in [0.25, 0.3) is 0 Å². The highest BCUT2D eigenvalue weighted by Crippen LogP contribution is 2.46. The van der Waals surface area contributed by atoms with Gasteiger partial charge in [-0.2, -0.15) is 0 Å². The number of methoxy groups -OCH3 is 1. The van der Waals surface area contributed by atoms with E-state index < -0.39 is 10.8 Å². The minimum atomic E-state index is -1.20. The first kappa shape index (κ1) is 19.5. The van der Waals surface area contributed by atoms with Gasteiger partial charge in [-0.05, 0) is 36.5 Å². The molecule has 5 rings (SSSR count). The van der Waals surface area contributed by atoms with Crippen LogP contribution in [-0.4, -0.2) is 48.6 Å². The van der Waals surface area contributed by atoms with Crippen LogP contribution in [-0.2, 0) is 22.6 Å². The summed E-state index contributed by atoms with van der Waals surface area (Å²) in [6.45, 7) is 0.429. The van der Waals surface area contributed by atoms with Gasteiger partial charge in [0.2, 0.25) is 5.65 Å². The SMILES string of the molecule is COCCS(=O)c1sc2nc(-c3cnc4nnn(C)c4c3)cc(C3CCC3)c2c1N. The fraction of sp³-hybridized carbons (Fsp3) is 0.400. The number of thiophene rings is 1. The number of fused-ring (bicyclic) bond motifs is 2. The van der Waals surface area contributed by atoms with Crippen molar-refractivity contribution in [2.75, 3.05) is 25.2 Å². The van der Waals surface area contributed by atoms with Gasteiger partial charge in [-0.3, -0.25) is 4.21 Å². The minimum absolute atomic E-state index is 0.424. The predicted molar refractivity (Wildman–Crippen MR) is 119 cm³/mol. The number of aromatic nitrogens is 5. The molecule has 4 aromatic rings. The van der Waals surface area contributed by atoms with E-state index in [4.69, 9.17) is 15.5 Å². The Labute approximate surface area is 179 Å². The summed E-state index contributed by atoms with van der Waals surface area (Å²) in [6, 6.07) is 4.14. The zero-order valence-corrected chi connectivity index (χ0v) is 18.4. The van der Waals surface area contributed by atoms with Crippen molar-refractivity contribution in [1.82, 2.24) is 25.0 Å². The van der Waals surface area contributed by atoms with Crippen LogP contribution in [0.25, 0.3) is 32.6 Å². The Balaban J connectivity index is 1.67. The molecule has 10 heteroatoms. The molecule has 2 N–H and O–H groups in total. The first-order valence-electron chi connectivity index (χ1n) is 9.83. The molecule has 1 aliphatic rings. The van der Waals surface area contributed by atoms with E-state index >= 15 is 0 Å². The van der Waals surface area contributed by atoms with Crippen molar-refractivity contribution < 1.29 is 8.95 Å². The summed E-state index contributed by atoms with van der Waals surface area (Å²) in [4.78, 5) is 10.2. The zero-order chi connectivity index (χ0) is 20.8. The number of hydrogen-bond acceptors (Lipinski definition) is 8. The van der Waals surface area contributed by atoms with Crippen LogP contribution < -0.4 is 5.73 Å². The highest BCUT2D eigenvalue weighted by molar-refractivity contribution is 7.87. The van der Waals surface area contributed by atoms with E-state index in [0.29, 0.717) is 33.8 Å². The molecule has 1 aliphatic carbocycles. The van der Waals surface area contributed by atoms with Gasteiger partial charge in [-0.25, -0.2) is 14.6 Å². The Morgan fingerprint density at radius 2 is 2.20 bits per heavy atom. The van der Waals surface area contributed by atoms with Crippen LogP contribution in [0.15, 0.2) is 22.5 Å². The molecule has 0 spiro atoms. The molecule has 0 saturated heterocycles. The van der Waals surface area contributed by atoms with Gasteiger partial charge in [0.05, 0.1) is 34.5 Å². The fourth-order valence-corrected chi connectivity index (χ4v) is 6.37. The summed E-state index contributed by atoms with van der Waals surface area (Å²) in [7, 11) is 2.25. The molecule has 156 valence electrons. The highest BCUT2D eigenvalue weighted by atomic mass is 32.2. The summed E-state index contributed by atoms with van der Waals surface area (Å²) in [5.74, 6) is 0.884. The minimum Gasteiger partial charge on any atom is -0.396 e. The average molecular weight is 443 g/mol. The third-order valence-electron chi connectivity index (χ3n) is 5.69. The summed E-state index contributed by atoms with van der Waals surface area (Å²) in [5, 5.41) is 9.05. The monoisotopic (exact) mass is 442 g/mol. The Morgan fingerprint density at radius 1 is 1.37 bits per heavy atom. The molecular weight excluding hydrogens is 420 g/mol. The molecule has 0 aromatic carbocycles. The molecule has 4 aromatic heterocycles. The molecule has 0 amide bonds. The molecule has 0 aliphatic heterocycles. The van der Waals surface area contributed by atoms with Crippen molar-refractivity contribution >= 4 is 49.2 Å². The second-order valence-corrected chi connectivity index (χ2v) is 10.3. The smallest absolute Gasteiger partial charge is 0.201 e. The largest absolute Gasteiger partial charge is 0.396 e. The number of nitrogen functional groups attached to an aromatic ring is 1. The van der Waals surface area contributed by atoms with Crippen molar-refractivity contribution in [3.05, 3.63) is 23.9 Å². The van der Waals surface area contributed by atoms with Crippen LogP contribution in [0.5, 0.6) is 0 Å². The van der Waals surface area contributed by atoms with E-state index in [2.05, 4.69) is 21.4 Å². The average Bonchev–Trinajstić information content (AvgIpc) is 3.24. The van der Waals surface area contributed by atoms with Gasteiger partial charge in [0, 0.05) is 31.3 Å². The normalized spacial score (nSPS) is 15.7. The van der Waals surface area contributed by atoms with Gasteiger partial charge in [-0.15, -0.1) is 16.4 Å². The van der Waals surface area contributed by atoms with Gasteiger partial charge in [-0.1, -0.05) is 11.6 Å². The maximum atomic E-state index is 12.8. The van der Waals surface area contributed by atoms with Gasteiger partial charge < -0.3 is 10.5 Å². The van der Waals surface area contributed by atoms with Crippen LogP contribution in [0.1, 0.15) is 30.7 Å². The summed E-state index contributed by atoms with van der Waals surface area (Å²) in [5.41, 5.74) is 11.5. The van der Waals surface area contributed by atoms with E-state index in [9.17, 15) is 4.21 Å². The summed E-state index contributed by atoms with van der Waals surface area (Å²) >= 11 is 1.42. The molecule has 4 heterocycles. The maximum Gasteiger partial charge on any atom is 0.201 e. The number of nitrogens with two attached hydrogens (primary N) is 1. The molecule has 30 heavy (non-hydrogen) atoms. The number of ether oxygens (including phenoxy) is 1. The highest BCUT2D eigenvalue weighted by Gasteiger charge is 2.27. The van der Waals surface area contributed by atoms with E-state index in [1.54, 1.807) is 18.0 Å². The Kier molecular flexibility index (Phi) is 5.00. The molecule has 8 nitrogen and oxygen atoms in total. The van der Waals surface area contributed by atoms with Gasteiger partial charge in [0.15, 0.2) is 0 Å². The Morgan fingerprint density at radius 3 is 2.93 bits per heavy atom. The molecule has 0 radical (unpaired) electrons. The number of aryl methyl sites for hydroxylation is 1. The quantitative estimate of drug-likeness (QED) is 0.488. The topological polar surface area (TPSA) is 109 Å². The predicted octanol–water partition coefficient (Wildman–Crippen LogP) is 3.24. The van der Waals surface area contributed by atoms with Crippen molar-refractivity contribution in [3.63, 3.8) is 0 Å². The lowest BCUT2D eigenvalue weighted by Gasteiger charge is -2.27. The maximum absolute atomic E-state index is 12.8. The van der Waals surface area contributed by atoms with E-state index in [0.717, 1.165) is 39.8 Å². The van der Waals surface area contributed by atoms with Crippen LogP contribution in [0.3, 0.4) is 0 Å². The second-order valence-electron chi connectivity index (χ2n) is 7.53. The third kappa shape index (κ3) is 3.19. The van der Waals surface area contributed by atoms with Crippen molar-refractivity contribution in [3.8, 4) is 11.3 Å². The van der Waals surface area contributed by atoms with E-state index in [1.807, 2.05) is 13.1 Å². The first-order valence-corrected chi connectivity index (χ1v) is 12.0. The van der Waals surface area contributed by atoms with Crippen molar-refractivity contribution in [1.29, 1.82) is 0 Å². The van der Waals surface area contributed by atoms with Crippen LogP contribution in [0.2, 0.25) is 0 Å². The number of rotatable bonds is 6. The summed E-state index contributed by atoms with van der Waals surface area (Å²) in [6.07, 6.45) is 5.27. The number of nitrogens with zero attached hydrogens (tertiary/aromatic N) is 5. The molecule has 1 unspecified atom stereocenters. The number of pyridine rings is 2. The Bertz CT molecular complexity index is 1280. The van der Waals surface area contributed by atoms with Gasteiger partial charge >= 0.3 is 0 Å². The van der Waals surface area contributed by atoms with Crippen molar-refractivity contribution in [2.45, 2.75) is 29.4 Å². The zero-order valence-electron chi connectivity index (χ0n) is 16.8. The molecular formula is C20H22N6O2S2. The Hall–Kier alpha value is -2.43. The van der Waals surface area contributed by atoms with Crippen LogP contribution >= 0.6 is 11.3 Å². The molecule has 1 saturated carbocycles. The fourth-order valence-electron chi connectivity index (χ4n) is 3.80. The lowest BCUT2D eigenvalue weighted by Crippen LogP contribution is -2.10. The summed E-state index contributed by atoms with van der Waals surface area (Å²) < 4.78 is 20.3. The molecule has 0 bridgehead atoms. The van der Waals surface area contributed by atoms with E-state index in [-0.39, 0.29) is 0 Å². The van der Waals surface area contributed by atoms with E-state index in [1.165, 1.54) is 23.3 Å². The second kappa shape index (κ2) is 7.68. The van der Waals surface area contributed by atoms with Crippen molar-refractivity contribution in [2.24, 2.45) is 7.05 Å².